The third kappa shape index (κ3) is 3.49. The third-order valence-electron chi connectivity index (χ3n) is 5.54. The van der Waals surface area contributed by atoms with Gasteiger partial charge in [-0.3, -0.25) is 4.90 Å². The average Bonchev–Trinajstić information content (AvgIpc) is 3.43. The van der Waals surface area contributed by atoms with E-state index in [9.17, 15) is 5.11 Å². The van der Waals surface area contributed by atoms with Gasteiger partial charge in [0.1, 0.15) is 0 Å². The molecular weight excluding hydrogens is 452 g/mol. The fourth-order valence-electron chi connectivity index (χ4n) is 3.93. The van der Waals surface area contributed by atoms with Gasteiger partial charge in [-0.05, 0) is 61.7 Å². The molecule has 0 amide bonds. The Morgan fingerprint density at radius 3 is 2.76 bits per heavy atom. The number of nitrogens with zero attached hydrogens (tertiary/aromatic N) is 4. The molecule has 5 rings (SSSR count). The molecule has 3 aromatic heterocycles. The first-order chi connectivity index (χ1) is 14.1. The number of likely N-dealkylation sites (tertiary alicyclic amines) is 1. The zero-order chi connectivity index (χ0) is 20.0. The monoisotopic (exact) mass is 472 g/mol. The van der Waals surface area contributed by atoms with Crippen LogP contribution in [-0.4, -0.2) is 37.7 Å². The van der Waals surface area contributed by atoms with Gasteiger partial charge in [0.05, 0.1) is 17.2 Å². The molecule has 0 aliphatic carbocycles. The Kier molecular flexibility index (Phi) is 4.93. The van der Waals surface area contributed by atoms with Crippen LogP contribution in [0, 0.1) is 5.92 Å². The summed E-state index contributed by atoms with van der Waals surface area (Å²) in [5.74, 6) is 1.96. The van der Waals surface area contributed by atoms with Crippen molar-refractivity contribution in [1.29, 1.82) is 0 Å². The molecule has 1 aliphatic rings. The lowest BCUT2D eigenvalue weighted by atomic mass is 9.95. The summed E-state index contributed by atoms with van der Waals surface area (Å²) in [5.41, 5.74) is 1.15. The Morgan fingerprint density at radius 1 is 1.24 bits per heavy atom. The zero-order valence-corrected chi connectivity index (χ0v) is 18.4. The molecule has 0 radical (unpaired) electrons. The summed E-state index contributed by atoms with van der Waals surface area (Å²) in [5, 5.41) is 15.6. The smallest absolute Gasteiger partial charge is 0.230 e. The number of fused-ring (bicyclic) bond motifs is 1. The van der Waals surface area contributed by atoms with Gasteiger partial charge in [-0.1, -0.05) is 46.3 Å². The van der Waals surface area contributed by atoms with Crippen molar-refractivity contribution in [2.75, 3.05) is 13.1 Å². The largest absolute Gasteiger partial charge is 0.492 e. The Bertz CT molecular complexity index is 1130. The first-order valence-corrected chi connectivity index (χ1v) is 11.3. The number of thiazole rings is 1. The highest BCUT2D eigenvalue weighted by molar-refractivity contribution is 9.10. The SMILES string of the molecule is CC1CCN([C@H](c2cccc(Br)c2)c2sc3nc(-c4ccco4)nn3c2O)CC1. The highest BCUT2D eigenvalue weighted by Gasteiger charge is 2.31. The molecule has 6 nitrogen and oxygen atoms in total. The van der Waals surface area contributed by atoms with Crippen LogP contribution in [0.15, 0.2) is 51.6 Å². The molecule has 1 fully saturated rings. The maximum absolute atomic E-state index is 11.1. The van der Waals surface area contributed by atoms with Crippen molar-refractivity contribution < 1.29 is 9.52 Å². The van der Waals surface area contributed by atoms with Gasteiger partial charge in [0.15, 0.2) is 5.76 Å². The van der Waals surface area contributed by atoms with E-state index in [-0.39, 0.29) is 11.9 Å². The maximum atomic E-state index is 11.1. The molecule has 0 spiro atoms. The van der Waals surface area contributed by atoms with Gasteiger partial charge < -0.3 is 9.52 Å². The topological polar surface area (TPSA) is 66.8 Å². The van der Waals surface area contributed by atoms with Crippen LogP contribution in [0.4, 0.5) is 0 Å². The van der Waals surface area contributed by atoms with Crippen molar-refractivity contribution in [3.05, 3.63) is 57.6 Å². The molecule has 0 unspecified atom stereocenters. The van der Waals surface area contributed by atoms with E-state index in [4.69, 9.17) is 4.42 Å². The van der Waals surface area contributed by atoms with Gasteiger partial charge in [-0.25, -0.2) is 0 Å². The van der Waals surface area contributed by atoms with Crippen LogP contribution in [0.2, 0.25) is 0 Å². The number of piperidine rings is 1. The Morgan fingerprint density at radius 2 is 2.07 bits per heavy atom. The summed E-state index contributed by atoms with van der Waals surface area (Å²) >= 11 is 5.08. The first kappa shape index (κ1) is 18.8. The standard InChI is InChI=1S/C21H21BrN4O2S/c1-13-7-9-25(10-8-13)17(14-4-2-5-15(22)12-14)18-20(27)26-21(29-18)23-19(24-26)16-6-3-11-28-16/h2-6,11-13,17,27H,7-10H2,1H3/t17-/m1/s1. The first-order valence-electron chi connectivity index (χ1n) is 9.72. The van der Waals surface area contributed by atoms with Crippen LogP contribution in [0.5, 0.6) is 5.88 Å². The average molecular weight is 473 g/mol. The Labute approximate surface area is 180 Å². The van der Waals surface area contributed by atoms with Gasteiger partial charge in [-0.15, -0.1) is 5.10 Å². The van der Waals surface area contributed by atoms with Gasteiger partial charge >= 0.3 is 0 Å². The molecule has 8 heteroatoms. The van der Waals surface area contributed by atoms with E-state index >= 15 is 0 Å². The molecular formula is C21H21BrN4O2S. The maximum Gasteiger partial charge on any atom is 0.230 e. The van der Waals surface area contributed by atoms with Crippen molar-refractivity contribution >= 4 is 32.2 Å². The Balaban J connectivity index is 1.59. The zero-order valence-electron chi connectivity index (χ0n) is 16.0. The fourth-order valence-corrected chi connectivity index (χ4v) is 5.46. The van der Waals surface area contributed by atoms with Gasteiger partial charge in [0, 0.05) is 4.47 Å². The summed E-state index contributed by atoms with van der Waals surface area (Å²) in [7, 11) is 0. The Hall–Kier alpha value is -2.16. The van der Waals surface area contributed by atoms with Crippen molar-refractivity contribution in [2.24, 2.45) is 5.92 Å². The van der Waals surface area contributed by atoms with Gasteiger partial charge in [-0.2, -0.15) is 9.50 Å². The second-order valence-corrected chi connectivity index (χ2v) is 9.50. The van der Waals surface area contributed by atoms with Crippen LogP contribution in [0.1, 0.15) is 36.2 Å². The number of halogens is 1. The van der Waals surface area contributed by atoms with Gasteiger partial charge in [0.25, 0.3) is 0 Å². The summed E-state index contributed by atoms with van der Waals surface area (Å²) in [4.78, 5) is 8.57. The molecule has 1 aliphatic heterocycles. The summed E-state index contributed by atoms with van der Waals surface area (Å²) < 4.78 is 7.95. The fraction of sp³-hybridized carbons (Fsp3) is 0.333. The molecule has 1 aromatic carbocycles. The predicted octanol–water partition coefficient (Wildman–Crippen LogP) is 5.34. The van der Waals surface area contributed by atoms with Gasteiger partial charge in [0.2, 0.25) is 16.7 Å². The molecule has 0 saturated carbocycles. The third-order valence-corrected chi connectivity index (χ3v) is 7.10. The number of hydrogen-bond acceptors (Lipinski definition) is 6. The number of aromatic nitrogens is 3. The van der Waals surface area contributed by atoms with E-state index in [0.29, 0.717) is 16.5 Å². The molecule has 4 aromatic rings. The minimum Gasteiger partial charge on any atom is -0.492 e. The number of rotatable bonds is 4. The van der Waals surface area contributed by atoms with Crippen LogP contribution in [0.25, 0.3) is 16.5 Å². The number of furan rings is 1. The number of aromatic hydroxyl groups is 1. The van der Waals surface area contributed by atoms with E-state index in [0.717, 1.165) is 46.8 Å². The summed E-state index contributed by atoms with van der Waals surface area (Å²) in [6.07, 6.45) is 3.92. The minimum atomic E-state index is -0.0273. The molecule has 150 valence electrons. The van der Waals surface area contributed by atoms with Crippen LogP contribution < -0.4 is 0 Å². The second kappa shape index (κ2) is 7.59. The highest BCUT2D eigenvalue weighted by atomic mass is 79.9. The predicted molar refractivity (Wildman–Crippen MR) is 116 cm³/mol. The van der Waals surface area contributed by atoms with E-state index in [2.05, 4.69) is 50.0 Å². The molecule has 1 saturated heterocycles. The molecule has 4 heterocycles. The number of benzene rings is 1. The lowest BCUT2D eigenvalue weighted by molar-refractivity contribution is 0.157. The van der Waals surface area contributed by atoms with Crippen LogP contribution >= 0.6 is 27.3 Å². The van der Waals surface area contributed by atoms with E-state index in [1.54, 1.807) is 12.3 Å². The molecule has 1 atom stereocenters. The molecule has 29 heavy (non-hydrogen) atoms. The number of hydrogen-bond donors (Lipinski definition) is 1. The second-order valence-electron chi connectivity index (χ2n) is 7.57. The van der Waals surface area contributed by atoms with Crippen LogP contribution in [-0.2, 0) is 0 Å². The lowest BCUT2D eigenvalue weighted by Gasteiger charge is -2.36. The van der Waals surface area contributed by atoms with Crippen molar-refractivity contribution in [2.45, 2.75) is 25.8 Å². The van der Waals surface area contributed by atoms with E-state index in [1.165, 1.54) is 15.9 Å². The quantitative estimate of drug-likeness (QED) is 0.434. The minimum absolute atomic E-state index is 0.0273. The van der Waals surface area contributed by atoms with Crippen molar-refractivity contribution in [3.8, 4) is 17.5 Å². The van der Waals surface area contributed by atoms with E-state index in [1.807, 2.05) is 18.2 Å². The van der Waals surface area contributed by atoms with Crippen molar-refractivity contribution in [3.63, 3.8) is 0 Å². The normalized spacial score (nSPS) is 17.2. The van der Waals surface area contributed by atoms with Crippen molar-refractivity contribution in [1.82, 2.24) is 19.5 Å². The molecule has 0 bridgehead atoms. The van der Waals surface area contributed by atoms with Crippen LogP contribution in [0.3, 0.4) is 0 Å². The van der Waals surface area contributed by atoms with E-state index < -0.39 is 0 Å². The highest BCUT2D eigenvalue weighted by Crippen LogP contribution is 2.42. The molecule has 1 N–H and O–H groups in total. The lowest BCUT2D eigenvalue weighted by Crippen LogP contribution is -2.36. The summed E-state index contributed by atoms with van der Waals surface area (Å²) in [6, 6.07) is 11.9. The summed E-state index contributed by atoms with van der Waals surface area (Å²) in [6.45, 7) is 4.31.